The zero-order valence-electron chi connectivity index (χ0n) is 24.7. The van der Waals surface area contributed by atoms with Gasteiger partial charge in [-0.15, -0.1) is 0 Å². The number of amides is 1. The second-order valence-electron chi connectivity index (χ2n) is 11.5. The van der Waals surface area contributed by atoms with Crippen LogP contribution < -0.4 is 9.64 Å². The first-order valence-electron chi connectivity index (χ1n) is 14.7. The molecular weight excluding hydrogens is 581 g/mol. The quantitative estimate of drug-likeness (QED) is 0.242. The number of fused-ring (bicyclic) bond motifs is 2. The van der Waals surface area contributed by atoms with Crippen molar-refractivity contribution in [1.82, 2.24) is 24.8 Å². The number of carbonyl (C=O) groups is 1. The number of hydrogen-bond donors (Lipinski definition) is 0. The van der Waals surface area contributed by atoms with Gasteiger partial charge in [-0.3, -0.25) is 9.78 Å². The standard InChI is InChI=1S/C33H33ClFN7O2/c1-20-17-42(32(43)21(2)35)24(12-13-36)18-41(20)31-30-28(38-33(39-31)44-19-25-9-6-14-40(25)3)15-23(16-37-30)26-10-4-7-22-8-5-11-27(34)29(22)26/h4-5,7-8,10-11,15-16,20,24-25H,2,6,9,12,14,17-19H2,1,3H3/t20?,24-,25?/m0/s1. The number of nitriles is 1. The van der Waals surface area contributed by atoms with Crippen LogP contribution in [0.4, 0.5) is 10.2 Å². The fraction of sp³-hybridized carbons (Fsp3) is 0.364. The highest BCUT2D eigenvalue weighted by Gasteiger charge is 2.37. The predicted molar refractivity (Wildman–Crippen MR) is 169 cm³/mol. The van der Waals surface area contributed by atoms with Gasteiger partial charge in [-0.05, 0) is 56.4 Å². The number of likely N-dealkylation sites (tertiary alicyclic amines) is 1. The molecule has 0 spiro atoms. The van der Waals surface area contributed by atoms with Gasteiger partial charge in [0.05, 0.1) is 24.0 Å². The minimum absolute atomic E-state index is 0.0298. The van der Waals surface area contributed by atoms with E-state index in [2.05, 4.69) is 24.6 Å². The van der Waals surface area contributed by atoms with Crippen LogP contribution in [0.3, 0.4) is 0 Å². The predicted octanol–water partition coefficient (Wildman–Crippen LogP) is 5.77. The Hall–Kier alpha value is -4.33. The van der Waals surface area contributed by atoms with E-state index in [1.54, 1.807) is 6.20 Å². The molecule has 2 aromatic heterocycles. The lowest BCUT2D eigenvalue weighted by Crippen LogP contribution is -2.59. The van der Waals surface area contributed by atoms with Gasteiger partial charge < -0.3 is 19.4 Å². The van der Waals surface area contributed by atoms with Gasteiger partial charge in [0, 0.05) is 47.3 Å². The Morgan fingerprint density at radius 3 is 2.73 bits per heavy atom. The largest absolute Gasteiger partial charge is 0.462 e. The molecule has 9 nitrogen and oxygen atoms in total. The average Bonchev–Trinajstić information content (AvgIpc) is 3.43. The molecule has 0 saturated carbocycles. The number of rotatable bonds is 7. The van der Waals surface area contributed by atoms with E-state index in [9.17, 15) is 14.4 Å². The van der Waals surface area contributed by atoms with Gasteiger partial charge in [0.1, 0.15) is 12.1 Å². The fourth-order valence-electron chi connectivity index (χ4n) is 6.31. The highest BCUT2D eigenvalue weighted by molar-refractivity contribution is 6.36. The molecule has 0 N–H and O–H groups in total. The summed E-state index contributed by atoms with van der Waals surface area (Å²) in [7, 11) is 2.09. The Morgan fingerprint density at radius 1 is 1.20 bits per heavy atom. The van der Waals surface area contributed by atoms with Gasteiger partial charge in [0.2, 0.25) is 0 Å². The van der Waals surface area contributed by atoms with Crippen LogP contribution in [0, 0.1) is 11.3 Å². The SMILES string of the molecule is C=C(F)C(=O)N1CC(C)N(c2nc(OCC3CCCN3C)nc3cc(-c4cccc5cccc(Cl)c45)cnc23)C[C@@H]1CC#N. The maximum absolute atomic E-state index is 13.9. The minimum atomic E-state index is -1.05. The smallest absolute Gasteiger partial charge is 0.319 e. The summed E-state index contributed by atoms with van der Waals surface area (Å²) in [6.07, 6.45) is 3.96. The summed E-state index contributed by atoms with van der Waals surface area (Å²) in [6.45, 7) is 7.02. The van der Waals surface area contributed by atoms with E-state index in [1.165, 1.54) is 4.90 Å². The van der Waals surface area contributed by atoms with Gasteiger partial charge in [-0.25, -0.2) is 4.39 Å². The molecule has 1 amide bonds. The van der Waals surface area contributed by atoms with E-state index >= 15 is 0 Å². The van der Waals surface area contributed by atoms with Crippen LogP contribution in [0.2, 0.25) is 5.02 Å². The topological polar surface area (TPSA) is 98.5 Å². The van der Waals surface area contributed by atoms with E-state index in [0.29, 0.717) is 28.5 Å². The van der Waals surface area contributed by atoms with Gasteiger partial charge in [0.15, 0.2) is 11.6 Å². The normalized spacial score (nSPS) is 20.7. The van der Waals surface area contributed by atoms with Crippen molar-refractivity contribution in [1.29, 1.82) is 5.26 Å². The lowest BCUT2D eigenvalue weighted by molar-refractivity contribution is -0.131. The third-order valence-electron chi connectivity index (χ3n) is 8.67. The van der Waals surface area contributed by atoms with Crippen LogP contribution in [-0.2, 0) is 4.79 Å². The first-order valence-corrected chi connectivity index (χ1v) is 15.1. The van der Waals surface area contributed by atoms with E-state index in [1.807, 2.05) is 54.3 Å². The molecule has 2 saturated heterocycles. The summed E-state index contributed by atoms with van der Waals surface area (Å²) in [5.74, 6) is -1.31. The number of anilines is 1. The van der Waals surface area contributed by atoms with Crippen molar-refractivity contribution < 1.29 is 13.9 Å². The van der Waals surface area contributed by atoms with E-state index in [4.69, 9.17) is 31.3 Å². The van der Waals surface area contributed by atoms with Crippen LogP contribution in [-0.4, -0.2) is 82.1 Å². The summed E-state index contributed by atoms with van der Waals surface area (Å²) in [5, 5.41) is 12.1. The zero-order chi connectivity index (χ0) is 31.0. The first-order chi connectivity index (χ1) is 21.2. The van der Waals surface area contributed by atoms with Crippen LogP contribution in [0.25, 0.3) is 32.9 Å². The molecule has 2 aliphatic heterocycles. The molecule has 44 heavy (non-hydrogen) atoms. The third kappa shape index (κ3) is 5.65. The number of piperazine rings is 1. The Morgan fingerprint density at radius 2 is 2.00 bits per heavy atom. The third-order valence-corrected chi connectivity index (χ3v) is 8.99. The van der Waals surface area contributed by atoms with Gasteiger partial charge in [-0.2, -0.15) is 15.2 Å². The number of pyridine rings is 1. The second kappa shape index (κ2) is 12.3. The summed E-state index contributed by atoms with van der Waals surface area (Å²) < 4.78 is 20.1. The van der Waals surface area contributed by atoms with Crippen molar-refractivity contribution in [2.24, 2.45) is 0 Å². The van der Waals surface area contributed by atoms with Gasteiger partial charge in [0.25, 0.3) is 5.91 Å². The van der Waals surface area contributed by atoms with Crippen LogP contribution in [0.1, 0.15) is 26.2 Å². The molecule has 3 atom stereocenters. The molecule has 6 rings (SSSR count). The summed E-state index contributed by atoms with van der Waals surface area (Å²) in [4.78, 5) is 32.8. The van der Waals surface area contributed by atoms with Crippen molar-refractivity contribution in [3.05, 3.63) is 66.1 Å². The number of carbonyl (C=O) groups excluding carboxylic acids is 1. The van der Waals surface area contributed by atoms with Crippen molar-refractivity contribution in [2.45, 2.75) is 44.3 Å². The molecule has 2 unspecified atom stereocenters. The molecule has 2 aliphatic rings. The zero-order valence-corrected chi connectivity index (χ0v) is 25.5. The molecule has 0 aliphatic carbocycles. The van der Waals surface area contributed by atoms with Crippen LogP contribution in [0.5, 0.6) is 6.01 Å². The Kier molecular flexibility index (Phi) is 8.34. The number of likely N-dealkylation sites (N-methyl/N-ethyl adjacent to an activating group) is 1. The highest BCUT2D eigenvalue weighted by atomic mass is 35.5. The number of benzene rings is 2. The second-order valence-corrected chi connectivity index (χ2v) is 11.9. The van der Waals surface area contributed by atoms with Crippen molar-refractivity contribution >= 4 is 45.1 Å². The van der Waals surface area contributed by atoms with Crippen molar-refractivity contribution in [3.8, 4) is 23.2 Å². The van der Waals surface area contributed by atoms with Crippen molar-refractivity contribution in [2.75, 3.05) is 38.2 Å². The van der Waals surface area contributed by atoms with E-state index in [0.717, 1.165) is 41.3 Å². The van der Waals surface area contributed by atoms with Gasteiger partial charge >= 0.3 is 6.01 Å². The summed E-state index contributed by atoms with van der Waals surface area (Å²) in [6, 6.07) is 15.6. The number of aromatic nitrogens is 3. The molecule has 0 bridgehead atoms. The van der Waals surface area contributed by atoms with Crippen LogP contribution >= 0.6 is 11.6 Å². The highest BCUT2D eigenvalue weighted by Crippen LogP contribution is 2.36. The lowest BCUT2D eigenvalue weighted by Gasteiger charge is -2.45. The molecule has 4 aromatic rings. The number of halogens is 2. The molecule has 4 heterocycles. The lowest BCUT2D eigenvalue weighted by atomic mass is 9.99. The van der Waals surface area contributed by atoms with Crippen molar-refractivity contribution in [3.63, 3.8) is 0 Å². The molecular formula is C33H33ClFN7O2. The fourth-order valence-corrected chi connectivity index (χ4v) is 6.59. The Labute approximate surface area is 260 Å². The molecule has 226 valence electrons. The number of nitrogens with zero attached hydrogens (tertiary/aromatic N) is 7. The van der Waals surface area contributed by atoms with E-state index < -0.39 is 17.8 Å². The average molecular weight is 614 g/mol. The monoisotopic (exact) mass is 613 g/mol. The Balaban J connectivity index is 1.44. The maximum Gasteiger partial charge on any atom is 0.319 e. The molecule has 2 aromatic carbocycles. The number of hydrogen-bond acceptors (Lipinski definition) is 8. The molecule has 2 fully saturated rings. The molecule has 11 heteroatoms. The van der Waals surface area contributed by atoms with Crippen LogP contribution in [0.15, 0.2) is 61.1 Å². The molecule has 0 radical (unpaired) electrons. The summed E-state index contributed by atoms with van der Waals surface area (Å²) in [5.41, 5.74) is 2.92. The summed E-state index contributed by atoms with van der Waals surface area (Å²) >= 11 is 6.65. The Bertz CT molecular complexity index is 1790. The van der Waals surface area contributed by atoms with Gasteiger partial charge in [-0.1, -0.05) is 48.5 Å². The maximum atomic E-state index is 13.9. The minimum Gasteiger partial charge on any atom is -0.462 e. The number of ether oxygens (including phenoxy) is 1. The first kappa shape index (κ1) is 29.7. The van der Waals surface area contributed by atoms with E-state index in [-0.39, 0.29) is 37.6 Å².